The van der Waals surface area contributed by atoms with E-state index >= 15 is 0 Å². The summed E-state index contributed by atoms with van der Waals surface area (Å²) in [4.78, 5) is 54.5. The molecule has 0 spiro atoms. The van der Waals surface area contributed by atoms with Crippen molar-refractivity contribution in [1.29, 1.82) is 0 Å². The summed E-state index contributed by atoms with van der Waals surface area (Å²) in [5, 5.41) is 17.1. The number of anilines is 1. The van der Waals surface area contributed by atoms with Crippen LogP contribution in [0.15, 0.2) is 83.9 Å². The van der Waals surface area contributed by atoms with E-state index in [-0.39, 0.29) is 23.4 Å². The quantitative estimate of drug-likeness (QED) is 0.242. The minimum absolute atomic E-state index is 0.0501. The number of nitrogens with zero attached hydrogens (tertiary/aromatic N) is 4. The Bertz CT molecular complexity index is 1790. The Morgan fingerprint density at radius 1 is 1.00 bits per heavy atom. The van der Waals surface area contributed by atoms with Crippen LogP contribution in [0.1, 0.15) is 25.6 Å². The van der Waals surface area contributed by atoms with Gasteiger partial charge in [0.15, 0.2) is 0 Å². The SMILES string of the molecule is O=CCn1c(-c2cc(NCc3ccc(Cl)s3)n(C(=O)c3cccc(C(=O)O)c3)n2)cc(-c2ccncc2)cc1=O. The lowest BCUT2D eigenvalue weighted by atomic mass is 10.1. The molecular weight excluding hydrogens is 554 g/mol. The van der Waals surface area contributed by atoms with Gasteiger partial charge in [-0.1, -0.05) is 17.7 Å². The molecule has 0 amide bonds. The number of benzene rings is 1. The molecule has 0 atom stereocenters. The van der Waals surface area contributed by atoms with Gasteiger partial charge in [0.05, 0.1) is 28.7 Å². The Morgan fingerprint density at radius 3 is 2.48 bits per heavy atom. The largest absolute Gasteiger partial charge is 0.478 e. The van der Waals surface area contributed by atoms with Crippen LogP contribution in [0.3, 0.4) is 0 Å². The Labute approximate surface area is 236 Å². The number of thiophene rings is 1. The molecule has 0 aliphatic carbocycles. The number of halogens is 1. The minimum Gasteiger partial charge on any atom is -0.478 e. The first-order chi connectivity index (χ1) is 19.3. The van der Waals surface area contributed by atoms with Crippen molar-refractivity contribution in [2.45, 2.75) is 13.1 Å². The number of aromatic nitrogens is 4. The normalized spacial score (nSPS) is 10.8. The monoisotopic (exact) mass is 573 g/mol. The first-order valence-electron chi connectivity index (χ1n) is 11.9. The van der Waals surface area contributed by atoms with Crippen LogP contribution in [0.4, 0.5) is 5.82 Å². The number of hydrogen-bond acceptors (Lipinski definition) is 8. The summed E-state index contributed by atoms with van der Waals surface area (Å²) < 4.78 is 2.99. The maximum atomic E-state index is 13.6. The molecule has 0 unspecified atom stereocenters. The zero-order valence-corrected chi connectivity index (χ0v) is 22.2. The number of carbonyl (C=O) groups excluding carboxylic acids is 2. The summed E-state index contributed by atoms with van der Waals surface area (Å²) in [6.07, 6.45) is 3.81. The van der Waals surface area contributed by atoms with Crippen molar-refractivity contribution in [3.63, 3.8) is 0 Å². The molecule has 40 heavy (non-hydrogen) atoms. The van der Waals surface area contributed by atoms with Gasteiger partial charge in [-0.05, 0) is 59.7 Å². The van der Waals surface area contributed by atoms with Crippen LogP contribution in [0, 0.1) is 0 Å². The average Bonchev–Trinajstić information content (AvgIpc) is 3.59. The summed E-state index contributed by atoms with van der Waals surface area (Å²) in [6.45, 7) is 0.103. The maximum absolute atomic E-state index is 13.6. The topological polar surface area (TPSA) is 136 Å². The van der Waals surface area contributed by atoms with Gasteiger partial charge in [0, 0.05) is 35.0 Å². The standard InChI is InChI=1S/C28H20ClN5O5S/c29-24-5-4-21(40-24)16-31-25-15-22(32-34(25)27(37)18-2-1-3-19(12-18)28(38)39)23-13-20(17-6-8-30-9-7-17)14-26(36)33(23)10-11-35/h1-9,11-15,31H,10,16H2,(H,38,39). The first kappa shape index (κ1) is 26.7. The molecule has 5 rings (SSSR count). The van der Waals surface area contributed by atoms with Crippen LogP contribution in [-0.2, 0) is 17.9 Å². The predicted octanol–water partition coefficient (Wildman–Crippen LogP) is 4.69. The molecule has 0 saturated carbocycles. The zero-order chi connectivity index (χ0) is 28.2. The third-order valence-corrected chi connectivity index (χ3v) is 7.22. The molecule has 0 aliphatic rings. The second-order valence-electron chi connectivity index (χ2n) is 8.56. The fraction of sp³-hybridized carbons (Fsp3) is 0.0714. The third-order valence-electron chi connectivity index (χ3n) is 5.99. The molecule has 0 saturated heterocycles. The molecule has 1 aromatic carbocycles. The third kappa shape index (κ3) is 5.60. The van der Waals surface area contributed by atoms with Gasteiger partial charge in [-0.15, -0.1) is 11.3 Å². The van der Waals surface area contributed by atoms with E-state index in [2.05, 4.69) is 15.4 Å². The maximum Gasteiger partial charge on any atom is 0.335 e. The second-order valence-corrected chi connectivity index (χ2v) is 10.4. The Kier molecular flexibility index (Phi) is 7.67. The van der Waals surface area contributed by atoms with E-state index in [4.69, 9.17) is 11.6 Å². The molecule has 12 heteroatoms. The van der Waals surface area contributed by atoms with Crippen LogP contribution in [0.5, 0.6) is 0 Å². The second kappa shape index (κ2) is 11.5. The average molecular weight is 574 g/mol. The molecule has 0 aliphatic heterocycles. The number of nitrogens with one attached hydrogen (secondary N) is 1. The lowest BCUT2D eigenvalue weighted by Crippen LogP contribution is -2.22. The fourth-order valence-corrected chi connectivity index (χ4v) is 5.13. The van der Waals surface area contributed by atoms with Crippen molar-refractivity contribution in [2.24, 2.45) is 0 Å². The highest BCUT2D eigenvalue weighted by Crippen LogP contribution is 2.28. The highest BCUT2D eigenvalue weighted by atomic mass is 35.5. The van der Waals surface area contributed by atoms with Crippen molar-refractivity contribution in [3.05, 3.63) is 110 Å². The molecule has 2 N–H and O–H groups in total. The Hall–Kier alpha value is -4.87. The van der Waals surface area contributed by atoms with Crippen LogP contribution in [0.2, 0.25) is 4.34 Å². The summed E-state index contributed by atoms with van der Waals surface area (Å²) >= 11 is 7.43. The highest BCUT2D eigenvalue weighted by molar-refractivity contribution is 7.16. The molecule has 0 fully saturated rings. The molecule has 4 aromatic heterocycles. The number of aldehydes is 1. The van der Waals surface area contributed by atoms with Gasteiger partial charge in [-0.3, -0.25) is 19.1 Å². The summed E-state index contributed by atoms with van der Waals surface area (Å²) in [5.74, 6) is -1.46. The number of carboxylic acids is 1. The lowest BCUT2D eigenvalue weighted by molar-refractivity contribution is -0.108. The van der Waals surface area contributed by atoms with E-state index in [0.29, 0.717) is 34.2 Å². The van der Waals surface area contributed by atoms with E-state index < -0.39 is 17.4 Å². The van der Waals surface area contributed by atoms with Crippen molar-refractivity contribution >= 4 is 46.9 Å². The van der Waals surface area contributed by atoms with Gasteiger partial charge in [0.25, 0.3) is 11.5 Å². The summed E-state index contributed by atoms with van der Waals surface area (Å²) in [6, 6.07) is 17.5. The van der Waals surface area contributed by atoms with Crippen LogP contribution in [-0.4, -0.2) is 42.6 Å². The van der Waals surface area contributed by atoms with Crippen molar-refractivity contribution < 1.29 is 19.5 Å². The van der Waals surface area contributed by atoms with Gasteiger partial charge in [-0.2, -0.15) is 9.78 Å². The van der Waals surface area contributed by atoms with Crippen molar-refractivity contribution in [2.75, 3.05) is 5.32 Å². The van der Waals surface area contributed by atoms with E-state index in [9.17, 15) is 24.3 Å². The van der Waals surface area contributed by atoms with Crippen LogP contribution < -0.4 is 10.9 Å². The number of aromatic carboxylic acids is 1. The number of pyridine rings is 2. The molecule has 10 nitrogen and oxygen atoms in total. The van der Waals surface area contributed by atoms with E-state index in [0.717, 1.165) is 15.1 Å². The fourth-order valence-electron chi connectivity index (χ4n) is 4.10. The van der Waals surface area contributed by atoms with Crippen LogP contribution >= 0.6 is 22.9 Å². The summed E-state index contributed by atoms with van der Waals surface area (Å²) in [5.41, 5.74) is 1.53. The summed E-state index contributed by atoms with van der Waals surface area (Å²) in [7, 11) is 0. The van der Waals surface area contributed by atoms with Crippen LogP contribution in [0.25, 0.3) is 22.5 Å². The van der Waals surface area contributed by atoms with Gasteiger partial charge in [-0.25, -0.2) is 4.79 Å². The zero-order valence-electron chi connectivity index (χ0n) is 20.7. The molecule has 200 valence electrons. The number of hydrogen-bond donors (Lipinski definition) is 2. The molecule has 0 radical (unpaired) electrons. The van der Waals surface area contributed by atoms with Gasteiger partial charge >= 0.3 is 5.97 Å². The van der Waals surface area contributed by atoms with Gasteiger partial charge in [0.1, 0.15) is 17.8 Å². The van der Waals surface area contributed by atoms with E-state index in [1.807, 2.05) is 6.07 Å². The number of rotatable bonds is 9. The molecular formula is C28H20ClN5O5S. The van der Waals surface area contributed by atoms with Crippen molar-refractivity contribution in [3.8, 4) is 22.5 Å². The van der Waals surface area contributed by atoms with Gasteiger partial charge < -0.3 is 15.2 Å². The van der Waals surface area contributed by atoms with Crippen molar-refractivity contribution in [1.82, 2.24) is 19.3 Å². The highest BCUT2D eigenvalue weighted by Gasteiger charge is 2.21. The Morgan fingerprint density at radius 2 is 1.77 bits per heavy atom. The minimum atomic E-state index is -1.17. The number of carboxylic acid groups (broad SMARTS) is 1. The predicted molar refractivity (Wildman–Crippen MR) is 151 cm³/mol. The van der Waals surface area contributed by atoms with Gasteiger partial charge in [0.2, 0.25) is 0 Å². The smallest absolute Gasteiger partial charge is 0.335 e. The van der Waals surface area contributed by atoms with E-state index in [1.165, 1.54) is 46.2 Å². The first-order valence-corrected chi connectivity index (χ1v) is 13.1. The number of carbonyl (C=O) groups is 3. The lowest BCUT2D eigenvalue weighted by Gasteiger charge is -2.11. The Balaban J connectivity index is 1.64. The molecule has 0 bridgehead atoms. The van der Waals surface area contributed by atoms with E-state index in [1.54, 1.807) is 42.7 Å². The molecule has 4 heterocycles. The molecule has 5 aromatic rings.